The molecule has 0 bridgehead atoms. The second kappa shape index (κ2) is 2.79. The van der Waals surface area contributed by atoms with Gasteiger partial charge in [0.15, 0.2) is 0 Å². The SMILES string of the molecule is COc1c(Br)ccc2[nH]ncc12. The summed E-state index contributed by atoms with van der Waals surface area (Å²) in [6.07, 6.45) is 1.75. The first-order chi connectivity index (χ1) is 5.83. The molecule has 1 aromatic carbocycles. The lowest BCUT2D eigenvalue weighted by molar-refractivity contribution is 0.417. The lowest BCUT2D eigenvalue weighted by Gasteiger charge is -2.02. The number of benzene rings is 1. The summed E-state index contributed by atoms with van der Waals surface area (Å²) in [6.45, 7) is 0. The van der Waals surface area contributed by atoms with Gasteiger partial charge in [-0.3, -0.25) is 5.10 Å². The monoisotopic (exact) mass is 226 g/mol. The minimum atomic E-state index is 0.821. The molecule has 12 heavy (non-hydrogen) atoms. The van der Waals surface area contributed by atoms with Crippen molar-refractivity contribution in [2.45, 2.75) is 0 Å². The largest absolute Gasteiger partial charge is 0.495 e. The van der Waals surface area contributed by atoms with Crippen LogP contribution in [0.5, 0.6) is 5.75 Å². The Kier molecular flexibility index (Phi) is 1.77. The Hall–Kier alpha value is -1.03. The van der Waals surface area contributed by atoms with Gasteiger partial charge in [-0.15, -0.1) is 0 Å². The molecule has 0 amide bonds. The third-order valence-electron chi connectivity index (χ3n) is 1.73. The lowest BCUT2D eigenvalue weighted by atomic mass is 10.2. The fraction of sp³-hybridized carbons (Fsp3) is 0.125. The minimum absolute atomic E-state index is 0.821. The van der Waals surface area contributed by atoms with E-state index < -0.39 is 0 Å². The molecular weight excluding hydrogens is 220 g/mol. The molecule has 1 heterocycles. The van der Waals surface area contributed by atoms with Gasteiger partial charge in [0, 0.05) is 0 Å². The maximum absolute atomic E-state index is 5.21. The van der Waals surface area contributed by atoms with Crippen molar-refractivity contribution in [3.05, 3.63) is 22.8 Å². The summed E-state index contributed by atoms with van der Waals surface area (Å²) in [5.74, 6) is 0.821. The van der Waals surface area contributed by atoms with Crippen molar-refractivity contribution in [1.82, 2.24) is 10.2 Å². The van der Waals surface area contributed by atoms with Gasteiger partial charge in [0.1, 0.15) is 5.75 Å². The molecule has 1 N–H and O–H groups in total. The molecule has 0 atom stereocenters. The number of rotatable bonds is 1. The van der Waals surface area contributed by atoms with Crippen molar-refractivity contribution in [1.29, 1.82) is 0 Å². The van der Waals surface area contributed by atoms with E-state index in [9.17, 15) is 0 Å². The van der Waals surface area contributed by atoms with Crippen molar-refractivity contribution in [3.63, 3.8) is 0 Å². The number of ether oxygens (including phenoxy) is 1. The zero-order valence-electron chi connectivity index (χ0n) is 6.47. The molecule has 0 fully saturated rings. The smallest absolute Gasteiger partial charge is 0.144 e. The molecule has 1 aromatic heterocycles. The van der Waals surface area contributed by atoms with Crippen LogP contribution in [0.1, 0.15) is 0 Å². The van der Waals surface area contributed by atoms with Crippen LogP contribution >= 0.6 is 15.9 Å². The Morgan fingerprint density at radius 1 is 1.50 bits per heavy atom. The van der Waals surface area contributed by atoms with Gasteiger partial charge < -0.3 is 4.74 Å². The Morgan fingerprint density at radius 2 is 2.33 bits per heavy atom. The van der Waals surface area contributed by atoms with Gasteiger partial charge in [-0.1, -0.05) is 0 Å². The van der Waals surface area contributed by atoms with E-state index in [-0.39, 0.29) is 0 Å². The first-order valence-corrected chi connectivity index (χ1v) is 4.28. The quantitative estimate of drug-likeness (QED) is 0.811. The summed E-state index contributed by atoms with van der Waals surface area (Å²) >= 11 is 3.40. The lowest BCUT2D eigenvalue weighted by Crippen LogP contribution is -1.84. The molecule has 2 aromatic rings. The Labute approximate surface area is 77.9 Å². The average molecular weight is 227 g/mol. The molecule has 0 radical (unpaired) electrons. The molecule has 0 aliphatic heterocycles. The molecular formula is C8H7BrN2O. The fourth-order valence-electron chi connectivity index (χ4n) is 1.17. The summed E-state index contributed by atoms with van der Waals surface area (Å²) in [6, 6.07) is 3.88. The molecule has 62 valence electrons. The van der Waals surface area contributed by atoms with E-state index in [1.165, 1.54) is 0 Å². The van der Waals surface area contributed by atoms with Crippen molar-refractivity contribution in [3.8, 4) is 5.75 Å². The van der Waals surface area contributed by atoms with Crippen molar-refractivity contribution < 1.29 is 4.74 Å². The fourth-order valence-corrected chi connectivity index (χ4v) is 1.68. The molecule has 0 saturated carbocycles. The van der Waals surface area contributed by atoms with Crippen LogP contribution in [0, 0.1) is 0 Å². The third-order valence-corrected chi connectivity index (χ3v) is 2.36. The highest BCUT2D eigenvalue weighted by Crippen LogP contribution is 2.31. The molecule has 2 rings (SSSR count). The van der Waals surface area contributed by atoms with Crippen LogP contribution in [-0.4, -0.2) is 17.3 Å². The topological polar surface area (TPSA) is 37.9 Å². The number of halogens is 1. The van der Waals surface area contributed by atoms with Crippen LogP contribution in [0.25, 0.3) is 10.9 Å². The predicted molar refractivity (Wildman–Crippen MR) is 50.3 cm³/mol. The molecule has 0 aliphatic carbocycles. The summed E-state index contributed by atoms with van der Waals surface area (Å²) in [5, 5.41) is 7.79. The normalized spacial score (nSPS) is 10.5. The van der Waals surface area contributed by atoms with Gasteiger partial charge in [0.2, 0.25) is 0 Å². The number of hydrogen-bond acceptors (Lipinski definition) is 2. The van der Waals surface area contributed by atoms with Crippen molar-refractivity contribution in [2.75, 3.05) is 7.11 Å². The van der Waals surface area contributed by atoms with E-state index in [0.29, 0.717) is 0 Å². The average Bonchev–Trinajstić information content (AvgIpc) is 2.52. The molecule has 0 aliphatic rings. The van der Waals surface area contributed by atoms with E-state index in [1.807, 2.05) is 12.1 Å². The predicted octanol–water partition coefficient (Wildman–Crippen LogP) is 2.33. The number of fused-ring (bicyclic) bond motifs is 1. The zero-order valence-corrected chi connectivity index (χ0v) is 8.05. The van der Waals surface area contributed by atoms with E-state index in [2.05, 4.69) is 26.1 Å². The van der Waals surface area contributed by atoms with Crippen molar-refractivity contribution in [2.24, 2.45) is 0 Å². The van der Waals surface area contributed by atoms with E-state index in [1.54, 1.807) is 13.3 Å². The van der Waals surface area contributed by atoms with E-state index >= 15 is 0 Å². The second-order valence-corrected chi connectivity index (χ2v) is 3.27. The maximum Gasteiger partial charge on any atom is 0.144 e. The number of nitrogens with one attached hydrogen (secondary N) is 1. The van der Waals surface area contributed by atoms with E-state index in [4.69, 9.17) is 4.74 Å². The Bertz CT molecular complexity index is 410. The van der Waals surface area contributed by atoms with Gasteiger partial charge in [-0.05, 0) is 28.1 Å². The van der Waals surface area contributed by atoms with Crippen LogP contribution in [0.4, 0.5) is 0 Å². The molecule has 3 nitrogen and oxygen atoms in total. The van der Waals surface area contributed by atoms with Gasteiger partial charge >= 0.3 is 0 Å². The molecule has 0 unspecified atom stereocenters. The molecule has 4 heteroatoms. The highest BCUT2D eigenvalue weighted by atomic mass is 79.9. The number of aromatic amines is 1. The maximum atomic E-state index is 5.21. The van der Waals surface area contributed by atoms with E-state index in [0.717, 1.165) is 21.1 Å². The van der Waals surface area contributed by atoms with Crippen LogP contribution in [0.3, 0.4) is 0 Å². The van der Waals surface area contributed by atoms with Crippen LogP contribution in [0.15, 0.2) is 22.8 Å². The standard InChI is InChI=1S/C8H7BrN2O/c1-12-8-5-4-10-11-7(5)3-2-6(8)9/h2-4H,1H3,(H,10,11). The first-order valence-electron chi connectivity index (χ1n) is 3.48. The zero-order chi connectivity index (χ0) is 8.55. The van der Waals surface area contributed by atoms with Gasteiger partial charge in [0.25, 0.3) is 0 Å². The summed E-state index contributed by atoms with van der Waals surface area (Å²) in [4.78, 5) is 0. The Balaban J connectivity index is 2.83. The highest BCUT2D eigenvalue weighted by Gasteiger charge is 2.06. The number of aromatic nitrogens is 2. The van der Waals surface area contributed by atoms with Crippen LogP contribution < -0.4 is 4.74 Å². The number of H-pyrrole nitrogens is 1. The molecule has 0 spiro atoms. The van der Waals surface area contributed by atoms with Gasteiger partial charge in [-0.25, -0.2) is 0 Å². The van der Waals surface area contributed by atoms with Crippen molar-refractivity contribution >= 4 is 26.8 Å². The van der Waals surface area contributed by atoms with Gasteiger partial charge in [-0.2, -0.15) is 5.10 Å². The number of hydrogen-bond donors (Lipinski definition) is 1. The second-order valence-electron chi connectivity index (χ2n) is 2.41. The summed E-state index contributed by atoms with van der Waals surface area (Å²) in [7, 11) is 1.65. The third kappa shape index (κ3) is 0.992. The minimum Gasteiger partial charge on any atom is -0.495 e. The summed E-state index contributed by atoms with van der Waals surface area (Å²) < 4.78 is 6.15. The first kappa shape index (κ1) is 7.61. The van der Waals surface area contributed by atoms with Crippen LogP contribution in [-0.2, 0) is 0 Å². The number of methoxy groups -OCH3 is 1. The summed E-state index contributed by atoms with van der Waals surface area (Å²) in [5.41, 5.74) is 0.982. The Morgan fingerprint density at radius 3 is 3.08 bits per heavy atom. The van der Waals surface area contributed by atoms with Crippen LogP contribution in [0.2, 0.25) is 0 Å². The number of nitrogens with zero attached hydrogens (tertiary/aromatic N) is 1. The molecule has 0 saturated heterocycles. The highest BCUT2D eigenvalue weighted by molar-refractivity contribution is 9.10. The van der Waals surface area contributed by atoms with Gasteiger partial charge in [0.05, 0.1) is 28.7 Å².